The van der Waals surface area contributed by atoms with Crippen LogP contribution in [0.3, 0.4) is 0 Å². The number of benzene rings is 2. The van der Waals surface area contributed by atoms with Crippen LogP contribution >= 0.6 is 0 Å². The Morgan fingerprint density at radius 2 is 1.65 bits per heavy atom. The molecule has 2 heterocycles. The van der Waals surface area contributed by atoms with Crippen LogP contribution in [0.4, 0.5) is 16.3 Å². The number of urea groups is 1. The van der Waals surface area contributed by atoms with E-state index < -0.39 is 0 Å². The fourth-order valence-corrected chi connectivity index (χ4v) is 4.68. The van der Waals surface area contributed by atoms with E-state index in [9.17, 15) is 4.79 Å². The van der Waals surface area contributed by atoms with Crippen LogP contribution in [0.2, 0.25) is 0 Å². The van der Waals surface area contributed by atoms with E-state index in [0.717, 1.165) is 49.0 Å². The molecule has 0 atom stereocenters. The van der Waals surface area contributed by atoms with Crippen molar-refractivity contribution in [1.82, 2.24) is 14.7 Å². The van der Waals surface area contributed by atoms with Crippen molar-refractivity contribution in [1.29, 1.82) is 0 Å². The first kappa shape index (κ1) is 25.3. The number of aromatic nitrogens is 2. The highest BCUT2D eigenvalue weighted by Crippen LogP contribution is 2.31. The minimum atomic E-state index is -0.314. The second-order valence-corrected chi connectivity index (χ2v) is 11.6. The van der Waals surface area contributed by atoms with E-state index in [0.29, 0.717) is 11.5 Å². The van der Waals surface area contributed by atoms with Gasteiger partial charge in [-0.25, -0.2) is 9.48 Å². The smallest absolute Gasteiger partial charge is 0.324 e. The number of hydrogen-bond acceptors (Lipinski definition) is 4. The number of anilines is 2. The Hall–Kier alpha value is -3.32. The standard InChI is InChI=1S/C30H39N5O2/c1-21-5-11-24(12-6-21)35-28(19-27(33-35)30(2,3)4)32-29(36)31-23-9-13-25(14-10-23)37-26-15-17-34(18-16-26)20-22-7-8-22/h5-6,9-14,19,22,26H,7-8,15-18,20H2,1-4H3,(H2,31,32,36). The van der Waals surface area contributed by atoms with Crippen molar-refractivity contribution >= 4 is 17.5 Å². The number of carbonyl (C=O) groups excluding carboxylic acids is 1. The van der Waals surface area contributed by atoms with Crippen molar-refractivity contribution in [3.8, 4) is 11.4 Å². The molecule has 5 rings (SSSR count). The molecule has 7 heteroatoms. The lowest BCUT2D eigenvalue weighted by atomic mass is 9.92. The number of ether oxygens (including phenoxy) is 1. The highest BCUT2D eigenvalue weighted by molar-refractivity contribution is 5.99. The van der Waals surface area contributed by atoms with Crippen molar-refractivity contribution in [3.05, 3.63) is 65.9 Å². The van der Waals surface area contributed by atoms with Crippen LogP contribution in [0.1, 0.15) is 57.7 Å². The van der Waals surface area contributed by atoms with Crippen LogP contribution in [0.25, 0.3) is 5.69 Å². The monoisotopic (exact) mass is 501 g/mol. The minimum Gasteiger partial charge on any atom is -0.490 e. The third-order valence-electron chi connectivity index (χ3n) is 7.16. The van der Waals surface area contributed by atoms with Gasteiger partial charge in [0, 0.05) is 36.8 Å². The summed E-state index contributed by atoms with van der Waals surface area (Å²) in [6.07, 6.45) is 5.21. The van der Waals surface area contributed by atoms with E-state index in [2.05, 4.69) is 43.2 Å². The Labute approximate surface area is 220 Å². The van der Waals surface area contributed by atoms with Crippen molar-refractivity contribution < 1.29 is 9.53 Å². The Kier molecular flexibility index (Phi) is 7.24. The predicted octanol–water partition coefficient (Wildman–Crippen LogP) is 6.38. The fourth-order valence-electron chi connectivity index (χ4n) is 4.68. The molecule has 0 bridgehead atoms. The zero-order chi connectivity index (χ0) is 26.0. The van der Waals surface area contributed by atoms with E-state index in [4.69, 9.17) is 9.84 Å². The van der Waals surface area contributed by atoms with Crippen molar-refractivity contribution in [2.24, 2.45) is 5.92 Å². The molecule has 1 saturated heterocycles. The number of hydrogen-bond donors (Lipinski definition) is 2. The number of piperidine rings is 1. The summed E-state index contributed by atoms with van der Waals surface area (Å²) < 4.78 is 8.01. The summed E-state index contributed by atoms with van der Waals surface area (Å²) in [4.78, 5) is 15.5. The van der Waals surface area contributed by atoms with E-state index in [-0.39, 0.29) is 17.6 Å². The number of carbonyl (C=O) groups is 1. The fraction of sp³-hybridized carbons (Fsp3) is 0.467. The molecular formula is C30H39N5O2. The topological polar surface area (TPSA) is 71.4 Å². The molecule has 2 aromatic carbocycles. The third-order valence-corrected chi connectivity index (χ3v) is 7.16. The number of nitrogens with zero attached hydrogens (tertiary/aromatic N) is 3. The molecule has 1 saturated carbocycles. The lowest BCUT2D eigenvalue weighted by Crippen LogP contribution is -2.39. The van der Waals surface area contributed by atoms with Gasteiger partial charge in [-0.1, -0.05) is 38.5 Å². The molecule has 0 radical (unpaired) electrons. The molecule has 0 unspecified atom stereocenters. The maximum atomic E-state index is 12.9. The normalized spacial score (nSPS) is 17.0. The molecule has 7 nitrogen and oxygen atoms in total. The number of rotatable bonds is 7. The first-order valence-corrected chi connectivity index (χ1v) is 13.5. The first-order chi connectivity index (χ1) is 17.7. The molecule has 1 aromatic heterocycles. The Morgan fingerprint density at radius 1 is 0.973 bits per heavy atom. The van der Waals surface area contributed by atoms with Crippen molar-refractivity contribution in [2.75, 3.05) is 30.3 Å². The van der Waals surface area contributed by atoms with Gasteiger partial charge in [0.1, 0.15) is 17.7 Å². The molecular weight excluding hydrogens is 462 g/mol. The van der Waals surface area contributed by atoms with Crippen molar-refractivity contribution in [3.63, 3.8) is 0 Å². The van der Waals surface area contributed by atoms with E-state index >= 15 is 0 Å². The largest absolute Gasteiger partial charge is 0.490 e. The maximum Gasteiger partial charge on any atom is 0.324 e. The van der Waals surface area contributed by atoms with Gasteiger partial charge >= 0.3 is 6.03 Å². The average Bonchev–Trinajstić information content (AvgIpc) is 3.58. The average molecular weight is 502 g/mol. The summed E-state index contributed by atoms with van der Waals surface area (Å²) in [5, 5.41) is 10.7. The van der Waals surface area contributed by atoms with Gasteiger partial charge in [-0.05, 0) is 74.9 Å². The quantitative estimate of drug-likeness (QED) is 0.394. The molecule has 1 aliphatic carbocycles. The molecule has 2 amide bonds. The molecule has 196 valence electrons. The predicted molar refractivity (Wildman–Crippen MR) is 149 cm³/mol. The minimum absolute atomic E-state index is 0.146. The highest BCUT2D eigenvalue weighted by atomic mass is 16.5. The van der Waals surface area contributed by atoms with Crippen LogP contribution in [0.5, 0.6) is 5.75 Å². The number of aryl methyl sites for hydroxylation is 1. The lowest BCUT2D eigenvalue weighted by molar-refractivity contribution is 0.0980. The van der Waals surface area contributed by atoms with Gasteiger partial charge in [-0.2, -0.15) is 5.10 Å². The number of likely N-dealkylation sites (tertiary alicyclic amines) is 1. The Morgan fingerprint density at radius 3 is 2.27 bits per heavy atom. The molecule has 1 aliphatic heterocycles. The lowest BCUT2D eigenvalue weighted by Gasteiger charge is -2.32. The van der Waals surface area contributed by atoms with E-state index in [1.807, 2.05) is 54.6 Å². The number of amides is 2. The summed E-state index contributed by atoms with van der Waals surface area (Å²) in [5.41, 5.74) is 3.54. The van der Waals surface area contributed by atoms with Gasteiger partial charge in [0.15, 0.2) is 0 Å². The second kappa shape index (κ2) is 10.6. The molecule has 0 spiro atoms. The molecule has 2 N–H and O–H groups in total. The molecule has 37 heavy (non-hydrogen) atoms. The third kappa shape index (κ3) is 6.72. The van der Waals surface area contributed by atoms with Gasteiger partial charge in [-0.15, -0.1) is 0 Å². The molecule has 2 aliphatic rings. The number of nitrogens with one attached hydrogen (secondary N) is 2. The van der Waals surface area contributed by atoms with Crippen LogP contribution in [0, 0.1) is 12.8 Å². The SMILES string of the molecule is Cc1ccc(-n2nc(C(C)(C)C)cc2NC(=O)Nc2ccc(OC3CCN(CC4CC4)CC3)cc2)cc1. The maximum absolute atomic E-state index is 12.9. The van der Waals surface area contributed by atoms with Crippen LogP contribution < -0.4 is 15.4 Å². The zero-order valence-corrected chi connectivity index (χ0v) is 22.5. The molecule has 2 fully saturated rings. The zero-order valence-electron chi connectivity index (χ0n) is 22.5. The van der Waals surface area contributed by atoms with Gasteiger partial charge in [0.05, 0.1) is 11.4 Å². The van der Waals surface area contributed by atoms with Crippen LogP contribution in [-0.4, -0.2) is 46.4 Å². The Bertz CT molecular complexity index is 1200. The summed E-state index contributed by atoms with van der Waals surface area (Å²) in [5.74, 6) is 2.41. The van der Waals surface area contributed by atoms with Crippen LogP contribution in [0.15, 0.2) is 54.6 Å². The molecule has 3 aromatic rings. The summed E-state index contributed by atoms with van der Waals surface area (Å²) in [6.45, 7) is 11.9. The van der Waals surface area contributed by atoms with Gasteiger partial charge in [0.2, 0.25) is 0 Å². The van der Waals surface area contributed by atoms with Gasteiger partial charge in [0.25, 0.3) is 0 Å². The van der Waals surface area contributed by atoms with Gasteiger partial charge < -0.3 is 15.0 Å². The van der Waals surface area contributed by atoms with Crippen molar-refractivity contribution in [2.45, 2.75) is 64.9 Å². The van der Waals surface area contributed by atoms with E-state index in [1.54, 1.807) is 4.68 Å². The van der Waals surface area contributed by atoms with Crippen LogP contribution in [-0.2, 0) is 5.41 Å². The Balaban J connectivity index is 1.18. The van der Waals surface area contributed by atoms with Gasteiger partial charge in [-0.3, -0.25) is 5.32 Å². The first-order valence-electron chi connectivity index (χ1n) is 13.5. The highest BCUT2D eigenvalue weighted by Gasteiger charge is 2.27. The van der Waals surface area contributed by atoms with E-state index in [1.165, 1.54) is 24.9 Å². The second-order valence-electron chi connectivity index (χ2n) is 11.6. The summed E-state index contributed by atoms with van der Waals surface area (Å²) >= 11 is 0. The summed E-state index contributed by atoms with van der Waals surface area (Å²) in [6, 6.07) is 17.3. The summed E-state index contributed by atoms with van der Waals surface area (Å²) in [7, 11) is 0.